The molecule has 0 bridgehead atoms. The lowest BCUT2D eigenvalue weighted by atomic mass is 10.1. The summed E-state index contributed by atoms with van der Waals surface area (Å²) in [6, 6.07) is 4.51. The van der Waals surface area contributed by atoms with Crippen molar-refractivity contribution in [3.8, 4) is 23.3 Å². The largest absolute Gasteiger partial charge is 0.496 e. The number of ether oxygens (including phenoxy) is 4. The molecule has 0 saturated heterocycles. The van der Waals surface area contributed by atoms with Crippen molar-refractivity contribution in [2.45, 2.75) is 6.92 Å². The molecule has 8 heteroatoms. The molecular formula is C16H18N2O6. The average Bonchev–Trinajstić information content (AvgIpc) is 2.58. The molecule has 0 heterocycles. The Hall–Kier alpha value is -3.21. The normalized spacial score (nSPS) is 11.0. The SMILES string of the molecule is COc1cc(OC)c(C(=O)OCC(=O)/C(C#N)=C(\C)N)cc1OC. The number of methoxy groups -OCH3 is 3. The number of rotatable bonds is 7. The lowest BCUT2D eigenvalue weighted by Gasteiger charge is -2.13. The highest BCUT2D eigenvalue weighted by atomic mass is 16.5. The number of nitriles is 1. The minimum absolute atomic E-state index is 0.0508. The van der Waals surface area contributed by atoms with Gasteiger partial charge in [-0.1, -0.05) is 0 Å². The van der Waals surface area contributed by atoms with Gasteiger partial charge in [-0.25, -0.2) is 4.79 Å². The van der Waals surface area contributed by atoms with Crippen molar-refractivity contribution in [3.63, 3.8) is 0 Å². The summed E-state index contributed by atoms with van der Waals surface area (Å²) in [4.78, 5) is 24.0. The van der Waals surface area contributed by atoms with E-state index in [4.69, 9.17) is 29.9 Å². The fourth-order valence-corrected chi connectivity index (χ4v) is 1.84. The van der Waals surface area contributed by atoms with Gasteiger partial charge in [-0.05, 0) is 6.92 Å². The quantitative estimate of drug-likeness (QED) is 0.448. The molecule has 0 aliphatic rings. The van der Waals surface area contributed by atoms with Crippen LogP contribution >= 0.6 is 0 Å². The third-order valence-electron chi connectivity index (χ3n) is 3.04. The number of esters is 1. The van der Waals surface area contributed by atoms with Crippen molar-refractivity contribution in [2.75, 3.05) is 27.9 Å². The molecule has 0 aromatic heterocycles. The third kappa shape index (κ3) is 4.16. The summed E-state index contributed by atoms with van der Waals surface area (Å²) in [5.41, 5.74) is 5.29. The van der Waals surface area contributed by atoms with Crippen LogP contribution in [0.4, 0.5) is 0 Å². The maximum absolute atomic E-state index is 12.2. The second-order valence-corrected chi connectivity index (χ2v) is 4.58. The van der Waals surface area contributed by atoms with E-state index in [1.165, 1.54) is 40.4 Å². The van der Waals surface area contributed by atoms with Crippen molar-refractivity contribution in [1.82, 2.24) is 0 Å². The zero-order valence-electron chi connectivity index (χ0n) is 13.8. The summed E-state index contributed by atoms with van der Waals surface area (Å²) >= 11 is 0. The lowest BCUT2D eigenvalue weighted by molar-refractivity contribution is -0.118. The van der Waals surface area contributed by atoms with Gasteiger partial charge in [0.15, 0.2) is 18.1 Å². The topological polar surface area (TPSA) is 121 Å². The maximum atomic E-state index is 12.2. The molecule has 0 amide bonds. The van der Waals surface area contributed by atoms with Crippen LogP contribution in [0.3, 0.4) is 0 Å². The molecule has 1 aromatic carbocycles. The summed E-state index contributed by atoms with van der Waals surface area (Å²) in [5, 5.41) is 8.86. The van der Waals surface area contributed by atoms with Gasteiger partial charge in [0.25, 0.3) is 0 Å². The van der Waals surface area contributed by atoms with Gasteiger partial charge in [0.1, 0.15) is 23.0 Å². The highest BCUT2D eigenvalue weighted by Gasteiger charge is 2.21. The first-order chi connectivity index (χ1) is 11.4. The number of ketones is 1. The molecule has 0 saturated carbocycles. The molecule has 0 aliphatic heterocycles. The highest BCUT2D eigenvalue weighted by Crippen LogP contribution is 2.34. The number of nitrogens with zero attached hydrogens (tertiary/aromatic N) is 1. The van der Waals surface area contributed by atoms with Crippen LogP contribution < -0.4 is 19.9 Å². The van der Waals surface area contributed by atoms with E-state index in [0.717, 1.165) is 0 Å². The monoisotopic (exact) mass is 334 g/mol. The first-order valence-corrected chi connectivity index (χ1v) is 6.76. The molecule has 2 N–H and O–H groups in total. The minimum Gasteiger partial charge on any atom is -0.496 e. The number of nitrogens with two attached hydrogens (primary N) is 1. The molecule has 0 spiro atoms. The molecule has 0 fully saturated rings. The molecular weight excluding hydrogens is 316 g/mol. The Balaban J connectivity index is 3.02. The van der Waals surface area contributed by atoms with E-state index in [1.54, 1.807) is 6.07 Å². The van der Waals surface area contributed by atoms with Crippen molar-refractivity contribution < 1.29 is 28.5 Å². The minimum atomic E-state index is -0.812. The number of allylic oxidation sites excluding steroid dienone is 1. The van der Waals surface area contributed by atoms with E-state index in [0.29, 0.717) is 11.5 Å². The van der Waals surface area contributed by atoms with E-state index >= 15 is 0 Å². The Bertz CT molecular complexity index is 714. The first-order valence-electron chi connectivity index (χ1n) is 6.76. The van der Waals surface area contributed by atoms with E-state index in [-0.39, 0.29) is 22.6 Å². The number of carbonyl (C=O) groups is 2. The molecule has 128 valence electrons. The van der Waals surface area contributed by atoms with Gasteiger partial charge in [0, 0.05) is 17.8 Å². The van der Waals surface area contributed by atoms with E-state index < -0.39 is 18.4 Å². The average molecular weight is 334 g/mol. The number of carbonyl (C=O) groups excluding carboxylic acids is 2. The van der Waals surface area contributed by atoms with Gasteiger partial charge >= 0.3 is 5.97 Å². The van der Waals surface area contributed by atoms with Crippen LogP contribution in [0, 0.1) is 11.3 Å². The van der Waals surface area contributed by atoms with Crippen LogP contribution in [0.25, 0.3) is 0 Å². The van der Waals surface area contributed by atoms with Gasteiger partial charge < -0.3 is 24.7 Å². The molecule has 0 atom stereocenters. The number of hydrogen-bond donors (Lipinski definition) is 1. The molecule has 24 heavy (non-hydrogen) atoms. The van der Waals surface area contributed by atoms with E-state index in [1.807, 2.05) is 0 Å². The van der Waals surface area contributed by atoms with Gasteiger partial charge in [0.2, 0.25) is 5.78 Å². The molecule has 0 aliphatic carbocycles. The van der Waals surface area contributed by atoms with Crippen LogP contribution in [-0.4, -0.2) is 39.7 Å². The Labute approximate surface area is 139 Å². The van der Waals surface area contributed by atoms with Crippen molar-refractivity contribution in [3.05, 3.63) is 29.0 Å². The molecule has 0 unspecified atom stereocenters. The van der Waals surface area contributed by atoms with Gasteiger partial charge in [-0.3, -0.25) is 4.79 Å². The van der Waals surface area contributed by atoms with Crippen LogP contribution in [0.15, 0.2) is 23.4 Å². The van der Waals surface area contributed by atoms with Crippen molar-refractivity contribution >= 4 is 11.8 Å². The second kappa shape index (κ2) is 8.43. The molecule has 8 nitrogen and oxygen atoms in total. The Morgan fingerprint density at radius 3 is 2.08 bits per heavy atom. The molecule has 1 aromatic rings. The summed E-state index contributed by atoms with van der Waals surface area (Å²) in [5.74, 6) is -0.642. The zero-order valence-corrected chi connectivity index (χ0v) is 13.8. The van der Waals surface area contributed by atoms with Crippen LogP contribution in [0.5, 0.6) is 17.2 Å². The zero-order chi connectivity index (χ0) is 18.3. The Morgan fingerprint density at radius 1 is 1.08 bits per heavy atom. The second-order valence-electron chi connectivity index (χ2n) is 4.58. The highest BCUT2D eigenvalue weighted by molar-refractivity contribution is 6.02. The maximum Gasteiger partial charge on any atom is 0.342 e. The van der Waals surface area contributed by atoms with Gasteiger partial charge in [0.05, 0.1) is 21.3 Å². The number of benzene rings is 1. The Kier molecular flexibility index (Phi) is 6.62. The smallest absolute Gasteiger partial charge is 0.342 e. The van der Waals surface area contributed by atoms with Crippen molar-refractivity contribution in [2.24, 2.45) is 5.73 Å². The summed E-state index contributed by atoms with van der Waals surface area (Å²) in [6.07, 6.45) is 0. The molecule has 0 radical (unpaired) electrons. The fourth-order valence-electron chi connectivity index (χ4n) is 1.84. The van der Waals surface area contributed by atoms with Crippen LogP contribution in [0.2, 0.25) is 0 Å². The van der Waals surface area contributed by atoms with Gasteiger partial charge in [-0.2, -0.15) is 5.26 Å². The fraction of sp³-hybridized carbons (Fsp3) is 0.312. The van der Waals surface area contributed by atoms with E-state index in [2.05, 4.69) is 0 Å². The predicted molar refractivity (Wildman–Crippen MR) is 83.9 cm³/mol. The Morgan fingerprint density at radius 2 is 1.62 bits per heavy atom. The standard InChI is InChI=1S/C16H18N2O6/c1-9(18)11(7-17)12(19)8-24-16(20)10-5-14(22-3)15(23-4)6-13(10)21-2/h5-6H,8,18H2,1-4H3/b11-9+. The lowest BCUT2D eigenvalue weighted by Crippen LogP contribution is -2.18. The summed E-state index contributed by atoms with van der Waals surface area (Å²) < 4.78 is 20.3. The molecule has 1 rings (SSSR count). The number of hydrogen-bond acceptors (Lipinski definition) is 8. The summed E-state index contributed by atoms with van der Waals surface area (Å²) in [6.45, 7) is 0.795. The van der Waals surface area contributed by atoms with E-state index in [9.17, 15) is 9.59 Å². The first kappa shape index (κ1) is 18.8. The van der Waals surface area contributed by atoms with Crippen LogP contribution in [0.1, 0.15) is 17.3 Å². The van der Waals surface area contributed by atoms with Gasteiger partial charge in [-0.15, -0.1) is 0 Å². The van der Waals surface area contributed by atoms with Crippen molar-refractivity contribution in [1.29, 1.82) is 5.26 Å². The van der Waals surface area contributed by atoms with Crippen LogP contribution in [-0.2, 0) is 9.53 Å². The third-order valence-corrected chi connectivity index (χ3v) is 3.04. The predicted octanol–water partition coefficient (Wildman–Crippen LogP) is 1.19. The number of Topliss-reactive ketones (excluding diaryl/α,β-unsaturated/α-hetero) is 1. The summed E-state index contributed by atoms with van der Waals surface area (Å²) in [7, 11) is 4.23.